The van der Waals surface area contributed by atoms with Gasteiger partial charge in [-0.2, -0.15) is 0 Å². The molecular formula is C43H47ClN6O8. The second-order valence-corrected chi connectivity index (χ2v) is 14.7. The van der Waals surface area contributed by atoms with Crippen molar-refractivity contribution >= 4 is 46.9 Å². The number of phenolic OH excluding ortho intramolecular Hbond substituents is 2. The molecule has 304 valence electrons. The number of hydrogen-bond acceptors (Lipinski definition) is 9. The molecule has 14 nitrogen and oxygen atoms in total. The molecule has 8 N–H and O–H groups in total. The van der Waals surface area contributed by atoms with Crippen LogP contribution < -0.4 is 27.0 Å². The van der Waals surface area contributed by atoms with E-state index in [-0.39, 0.29) is 53.4 Å². The van der Waals surface area contributed by atoms with Gasteiger partial charge in [0.05, 0.1) is 6.54 Å². The fraction of sp³-hybridized carbons (Fsp3) is 0.302. The molecule has 0 radical (unpaired) electrons. The molecule has 0 saturated heterocycles. The fourth-order valence-corrected chi connectivity index (χ4v) is 6.80. The third kappa shape index (κ3) is 10.6. The maximum Gasteiger partial charge on any atom is 0.251 e. The number of Topliss-reactive ketones (excluding diaryl/α,β-unsaturated/α-hetero) is 1. The molecule has 4 atom stereocenters. The summed E-state index contributed by atoms with van der Waals surface area (Å²) < 4.78 is 0. The fourth-order valence-electron chi connectivity index (χ4n) is 6.67. The van der Waals surface area contributed by atoms with Crippen LogP contribution in [-0.2, 0) is 30.4 Å². The molecule has 0 aliphatic carbocycles. The van der Waals surface area contributed by atoms with Crippen LogP contribution in [0.4, 0.5) is 0 Å². The molecular weight excluding hydrogens is 764 g/mol. The highest BCUT2D eigenvalue weighted by atomic mass is 35.5. The molecule has 0 spiro atoms. The largest absolute Gasteiger partial charge is 0.507 e. The quantitative estimate of drug-likeness (QED) is 0.103. The van der Waals surface area contributed by atoms with E-state index in [0.717, 1.165) is 16.0 Å². The number of likely N-dealkylation sites (N-methyl/N-ethyl adjacent to an activating group) is 1. The molecule has 0 saturated carbocycles. The van der Waals surface area contributed by atoms with Crippen molar-refractivity contribution in [2.45, 2.75) is 63.7 Å². The van der Waals surface area contributed by atoms with Gasteiger partial charge in [0.15, 0.2) is 0 Å². The van der Waals surface area contributed by atoms with Crippen LogP contribution >= 0.6 is 11.6 Å². The van der Waals surface area contributed by atoms with Gasteiger partial charge in [0.1, 0.15) is 41.4 Å². The number of carbonyl (C=O) groups is 6. The maximum atomic E-state index is 14.5. The number of unbranched alkanes of at least 4 members (excludes halogenated alkanes) is 1. The van der Waals surface area contributed by atoms with Crippen LogP contribution in [0.5, 0.6) is 11.5 Å². The van der Waals surface area contributed by atoms with Gasteiger partial charge < -0.3 is 42.1 Å². The average Bonchev–Trinajstić information content (AvgIpc) is 3.20. The van der Waals surface area contributed by atoms with Gasteiger partial charge in [-0.25, -0.2) is 0 Å². The smallest absolute Gasteiger partial charge is 0.251 e. The zero-order chi connectivity index (χ0) is 42.1. The molecule has 58 heavy (non-hydrogen) atoms. The van der Waals surface area contributed by atoms with Crippen LogP contribution in [0.3, 0.4) is 0 Å². The number of aromatic hydroxyl groups is 2. The van der Waals surface area contributed by atoms with Crippen LogP contribution in [-0.4, -0.2) is 88.7 Å². The van der Waals surface area contributed by atoms with E-state index in [9.17, 15) is 39.0 Å². The van der Waals surface area contributed by atoms with Crippen LogP contribution in [0.15, 0.2) is 84.9 Å². The minimum absolute atomic E-state index is 0.0620. The van der Waals surface area contributed by atoms with Crippen LogP contribution in [0, 0.1) is 0 Å². The third-order valence-corrected chi connectivity index (χ3v) is 10.1. The minimum Gasteiger partial charge on any atom is -0.507 e. The predicted molar refractivity (Wildman–Crippen MR) is 219 cm³/mol. The summed E-state index contributed by atoms with van der Waals surface area (Å²) in [6.07, 6.45) is 1.17. The van der Waals surface area contributed by atoms with Crippen molar-refractivity contribution < 1.29 is 39.0 Å². The van der Waals surface area contributed by atoms with E-state index in [2.05, 4.69) is 21.3 Å². The SMILES string of the molecule is CC(=O)CNC(=O)C1Cc2ccc(O)c(c2)-c2cc(ccc2O)[C@H](N(C)C(=O)[C@H](CCCCN)NC(=O)c2ccc(-c3ccc(Cl)cc3)cc2)C(=O)N[C@@H](C)C(=O)N1. The van der Waals surface area contributed by atoms with Gasteiger partial charge in [-0.3, -0.25) is 28.8 Å². The van der Waals surface area contributed by atoms with E-state index in [1.54, 1.807) is 42.5 Å². The number of nitrogens with two attached hydrogens (primary N) is 1. The Morgan fingerprint density at radius 3 is 2.12 bits per heavy atom. The average molecular weight is 811 g/mol. The summed E-state index contributed by atoms with van der Waals surface area (Å²) in [4.78, 5) is 81.9. The zero-order valence-corrected chi connectivity index (χ0v) is 33.1. The predicted octanol–water partition coefficient (Wildman–Crippen LogP) is 3.76. The Labute approximate surface area is 341 Å². The number of nitrogens with zero attached hydrogens (tertiary/aromatic N) is 1. The number of benzene rings is 4. The lowest BCUT2D eigenvalue weighted by atomic mass is 9.93. The van der Waals surface area contributed by atoms with E-state index < -0.39 is 53.7 Å². The number of amides is 5. The summed E-state index contributed by atoms with van der Waals surface area (Å²) in [6.45, 7) is 2.79. The Kier molecular flexibility index (Phi) is 14.2. The summed E-state index contributed by atoms with van der Waals surface area (Å²) in [5.41, 5.74) is 8.80. The molecule has 1 aliphatic rings. The van der Waals surface area contributed by atoms with E-state index in [0.29, 0.717) is 35.5 Å². The Balaban J connectivity index is 1.50. The topological polar surface area (TPSA) is 220 Å². The minimum atomic E-state index is -1.42. The zero-order valence-electron chi connectivity index (χ0n) is 32.4. The highest BCUT2D eigenvalue weighted by Crippen LogP contribution is 2.39. The van der Waals surface area contributed by atoms with Gasteiger partial charge in [-0.1, -0.05) is 48.0 Å². The monoisotopic (exact) mass is 810 g/mol. The van der Waals surface area contributed by atoms with Gasteiger partial charge in [-0.05, 0) is 110 Å². The van der Waals surface area contributed by atoms with Gasteiger partial charge in [0, 0.05) is 35.2 Å². The molecule has 0 aromatic heterocycles. The lowest BCUT2D eigenvalue weighted by molar-refractivity contribution is -0.141. The van der Waals surface area contributed by atoms with E-state index >= 15 is 0 Å². The Bertz CT molecular complexity index is 2180. The first-order valence-electron chi connectivity index (χ1n) is 18.8. The van der Waals surface area contributed by atoms with Gasteiger partial charge >= 0.3 is 0 Å². The molecule has 4 aromatic rings. The highest BCUT2D eigenvalue weighted by Gasteiger charge is 2.36. The molecule has 5 rings (SSSR count). The molecule has 4 bridgehead atoms. The molecule has 15 heteroatoms. The summed E-state index contributed by atoms with van der Waals surface area (Å²) in [6, 6.07) is 17.9. The van der Waals surface area contributed by atoms with Crippen molar-refractivity contribution in [3.63, 3.8) is 0 Å². The van der Waals surface area contributed by atoms with Crippen molar-refractivity contribution in [3.05, 3.63) is 107 Å². The molecule has 1 heterocycles. The number of nitrogens with one attached hydrogen (secondary N) is 4. The first-order valence-corrected chi connectivity index (χ1v) is 19.2. The number of hydrogen-bond donors (Lipinski definition) is 7. The van der Waals surface area contributed by atoms with Crippen molar-refractivity contribution in [2.24, 2.45) is 5.73 Å². The molecule has 1 aliphatic heterocycles. The standard InChI is InChI=1S/C43H47ClN6O8/c1-24(51)23-46-41(56)35-21-26-7-17-36(52)32(20-26)33-22-30(14-18-37(33)53)38(42(57)47-25(2)39(54)49-35)50(3)43(58)34(6-4-5-19-45)48-40(55)29-10-8-27(9-11-29)28-12-15-31(44)16-13-28/h7-18,20,22,25,34-35,38,52-53H,4-6,19,21,23,45H2,1-3H3,(H,46,56)(H,47,57)(H,48,55)(H,49,54)/t25-,34-,35?,38-/m0/s1. The van der Waals surface area contributed by atoms with Crippen molar-refractivity contribution in [1.82, 2.24) is 26.2 Å². The number of ketones is 1. The summed E-state index contributed by atoms with van der Waals surface area (Å²) in [5, 5.41) is 33.2. The van der Waals surface area contributed by atoms with E-state index in [1.165, 1.54) is 51.2 Å². The second kappa shape index (κ2) is 19.3. The van der Waals surface area contributed by atoms with Crippen molar-refractivity contribution in [1.29, 1.82) is 0 Å². The normalized spacial score (nSPS) is 17.2. The number of halogens is 1. The first kappa shape index (κ1) is 42.9. The van der Waals surface area contributed by atoms with Gasteiger partial charge in [0.25, 0.3) is 5.91 Å². The van der Waals surface area contributed by atoms with Crippen molar-refractivity contribution in [2.75, 3.05) is 20.1 Å². The number of fused-ring (bicyclic) bond motifs is 5. The maximum absolute atomic E-state index is 14.5. The van der Waals surface area contributed by atoms with Crippen LogP contribution in [0.25, 0.3) is 22.3 Å². The summed E-state index contributed by atoms with van der Waals surface area (Å²) in [5.74, 6) is -4.09. The Morgan fingerprint density at radius 1 is 0.862 bits per heavy atom. The number of rotatable bonds is 12. The number of phenols is 2. The second-order valence-electron chi connectivity index (χ2n) is 14.3. The Morgan fingerprint density at radius 2 is 1.48 bits per heavy atom. The summed E-state index contributed by atoms with van der Waals surface area (Å²) >= 11 is 6.03. The van der Waals surface area contributed by atoms with Gasteiger partial charge in [-0.15, -0.1) is 0 Å². The lowest BCUT2D eigenvalue weighted by Gasteiger charge is -2.32. The Hall–Kier alpha value is -6.25. The highest BCUT2D eigenvalue weighted by molar-refractivity contribution is 6.30. The lowest BCUT2D eigenvalue weighted by Crippen LogP contribution is -2.56. The molecule has 0 fully saturated rings. The van der Waals surface area contributed by atoms with Crippen LogP contribution in [0.2, 0.25) is 5.02 Å². The molecule has 5 amide bonds. The molecule has 4 aromatic carbocycles. The number of carbonyl (C=O) groups excluding carboxylic acids is 6. The van der Waals surface area contributed by atoms with Gasteiger partial charge in [0.2, 0.25) is 23.6 Å². The van der Waals surface area contributed by atoms with E-state index in [1.807, 2.05) is 12.1 Å². The van der Waals surface area contributed by atoms with Crippen molar-refractivity contribution in [3.8, 4) is 33.8 Å². The molecule has 1 unspecified atom stereocenters. The first-order chi connectivity index (χ1) is 27.7. The third-order valence-electron chi connectivity index (χ3n) is 9.88. The summed E-state index contributed by atoms with van der Waals surface area (Å²) in [7, 11) is 1.39. The van der Waals surface area contributed by atoms with Crippen LogP contribution in [0.1, 0.15) is 60.6 Å². The van der Waals surface area contributed by atoms with E-state index in [4.69, 9.17) is 17.3 Å².